The first kappa shape index (κ1) is 20.2. The number of amides is 2. The van der Waals surface area contributed by atoms with Crippen LogP contribution in [0.15, 0.2) is 60.9 Å². The van der Waals surface area contributed by atoms with Crippen LogP contribution in [0.4, 0.5) is 5.69 Å². The van der Waals surface area contributed by atoms with Crippen LogP contribution >= 0.6 is 0 Å². The van der Waals surface area contributed by atoms with E-state index < -0.39 is 0 Å². The summed E-state index contributed by atoms with van der Waals surface area (Å²) >= 11 is 0. The molecule has 4 rings (SSSR count). The normalized spacial score (nSPS) is 12.2. The van der Waals surface area contributed by atoms with E-state index in [1.54, 1.807) is 37.7 Å². The summed E-state index contributed by atoms with van der Waals surface area (Å²) < 4.78 is 16.6. The lowest BCUT2D eigenvalue weighted by Gasteiger charge is -2.18. The fourth-order valence-corrected chi connectivity index (χ4v) is 3.08. The molecule has 31 heavy (non-hydrogen) atoms. The molecule has 1 aliphatic heterocycles. The van der Waals surface area contributed by atoms with Crippen LogP contribution in [0.3, 0.4) is 0 Å². The molecule has 2 N–H and O–H groups in total. The van der Waals surface area contributed by atoms with Gasteiger partial charge in [0, 0.05) is 24.5 Å². The number of fused-ring (bicyclic) bond motifs is 1. The minimum atomic E-state index is -0.250. The average molecular weight is 419 g/mol. The highest BCUT2D eigenvalue weighted by atomic mass is 16.5. The Bertz CT molecular complexity index is 1100. The van der Waals surface area contributed by atoms with Crippen molar-refractivity contribution in [2.45, 2.75) is 13.2 Å². The van der Waals surface area contributed by atoms with Gasteiger partial charge in [-0.1, -0.05) is 6.07 Å². The van der Waals surface area contributed by atoms with Gasteiger partial charge in [-0.25, -0.2) is 0 Å². The number of methoxy groups -OCH3 is 1. The van der Waals surface area contributed by atoms with E-state index in [9.17, 15) is 9.59 Å². The van der Waals surface area contributed by atoms with Gasteiger partial charge in [0.15, 0.2) is 18.1 Å². The van der Waals surface area contributed by atoms with Crippen LogP contribution in [0.25, 0.3) is 0 Å². The van der Waals surface area contributed by atoms with Crippen molar-refractivity contribution in [3.05, 3.63) is 77.6 Å². The van der Waals surface area contributed by atoms with E-state index in [1.165, 1.54) is 0 Å². The van der Waals surface area contributed by atoms with Gasteiger partial charge in [0.05, 0.1) is 12.8 Å². The van der Waals surface area contributed by atoms with Gasteiger partial charge in [0.2, 0.25) is 0 Å². The van der Waals surface area contributed by atoms with Crippen molar-refractivity contribution >= 4 is 17.5 Å². The van der Waals surface area contributed by atoms with Crippen molar-refractivity contribution in [1.82, 2.24) is 10.3 Å². The maximum absolute atomic E-state index is 12.5. The predicted octanol–water partition coefficient (Wildman–Crippen LogP) is 2.93. The molecule has 0 bridgehead atoms. The van der Waals surface area contributed by atoms with Gasteiger partial charge in [-0.3, -0.25) is 14.6 Å². The Balaban J connectivity index is 1.38. The van der Waals surface area contributed by atoms with Crippen molar-refractivity contribution in [1.29, 1.82) is 0 Å². The number of aromatic nitrogens is 1. The zero-order chi connectivity index (χ0) is 21.6. The first-order valence-electron chi connectivity index (χ1n) is 9.66. The molecule has 1 aliphatic rings. The third-order valence-corrected chi connectivity index (χ3v) is 4.70. The van der Waals surface area contributed by atoms with Crippen LogP contribution in [-0.4, -0.2) is 30.5 Å². The van der Waals surface area contributed by atoms with Crippen LogP contribution in [0.2, 0.25) is 0 Å². The second-order valence-corrected chi connectivity index (χ2v) is 6.86. The molecule has 2 heterocycles. The first-order chi connectivity index (χ1) is 15.1. The number of benzene rings is 2. The largest absolute Gasteiger partial charge is 0.493 e. The van der Waals surface area contributed by atoms with Crippen molar-refractivity contribution in [2.75, 3.05) is 19.0 Å². The Morgan fingerprint density at radius 1 is 1.10 bits per heavy atom. The van der Waals surface area contributed by atoms with E-state index in [2.05, 4.69) is 15.6 Å². The second-order valence-electron chi connectivity index (χ2n) is 6.86. The highest BCUT2D eigenvalue weighted by molar-refractivity contribution is 5.98. The molecule has 0 saturated heterocycles. The Kier molecular flexibility index (Phi) is 5.98. The topological polar surface area (TPSA) is 98.8 Å². The number of hydrogen-bond acceptors (Lipinski definition) is 6. The number of hydrogen-bond donors (Lipinski definition) is 2. The average Bonchev–Trinajstić information content (AvgIpc) is 2.81. The van der Waals surface area contributed by atoms with Gasteiger partial charge >= 0.3 is 0 Å². The third-order valence-electron chi connectivity index (χ3n) is 4.70. The van der Waals surface area contributed by atoms with E-state index in [0.717, 1.165) is 11.1 Å². The molecule has 0 fully saturated rings. The van der Waals surface area contributed by atoms with Gasteiger partial charge in [-0.2, -0.15) is 0 Å². The molecule has 2 aromatic carbocycles. The van der Waals surface area contributed by atoms with Crippen molar-refractivity contribution in [2.24, 2.45) is 0 Å². The zero-order valence-electron chi connectivity index (χ0n) is 16.9. The Morgan fingerprint density at radius 2 is 1.94 bits per heavy atom. The summed E-state index contributed by atoms with van der Waals surface area (Å²) in [7, 11) is 1.57. The van der Waals surface area contributed by atoms with Gasteiger partial charge in [-0.15, -0.1) is 0 Å². The number of anilines is 1. The Morgan fingerprint density at radius 3 is 2.74 bits per heavy atom. The first-order valence-corrected chi connectivity index (χ1v) is 9.66. The number of ether oxygens (including phenoxy) is 3. The van der Waals surface area contributed by atoms with Crippen LogP contribution in [-0.2, 0) is 17.9 Å². The van der Waals surface area contributed by atoms with E-state index in [1.807, 2.05) is 30.3 Å². The second kappa shape index (κ2) is 9.17. The lowest BCUT2D eigenvalue weighted by atomic mass is 10.1. The third kappa shape index (κ3) is 4.92. The smallest absolute Gasteiger partial charge is 0.262 e. The van der Waals surface area contributed by atoms with Gasteiger partial charge in [-0.05, 0) is 53.6 Å². The standard InChI is InChI=1S/C23H21N3O5/c1-29-21-10-16(2-5-19(21)30-13-15-6-8-24-9-7-15)12-25-23(28)17-3-4-18-20(11-17)31-14-22(27)26-18/h2-11H,12-14H2,1H3,(H,25,28)(H,26,27). The minimum absolute atomic E-state index is 0.0621. The number of nitrogens with zero attached hydrogens (tertiary/aromatic N) is 1. The highest BCUT2D eigenvalue weighted by Crippen LogP contribution is 2.30. The lowest BCUT2D eigenvalue weighted by molar-refractivity contribution is -0.118. The number of carbonyl (C=O) groups excluding carboxylic acids is 2. The fourth-order valence-electron chi connectivity index (χ4n) is 3.08. The molecule has 1 aromatic heterocycles. The minimum Gasteiger partial charge on any atom is -0.493 e. The quantitative estimate of drug-likeness (QED) is 0.611. The van der Waals surface area contributed by atoms with Crippen molar-refractivity contribution in [3.8, 4) is 17.2 Å². The summed E-state index contributed by atoms with van der Waals surface area (Å²) in [6, 6.07) is 14.2. The number of nitrogens with one attached hydrogen (secondary N) is 2. The molecule has 8 heteroatoms. The number of carbonyl (C=O) groups is 2. The van der Waals surface area contributed by atoms with Crippen LogP contribution in [0.5, 0.6) is 17.2 Å². The van der Waals surface area contributed by atoms with Gasteiger partial charge in [0.1, 0.15) is 12.4 Å². The van der Waals surface area contributed by atoms with Crippen LogP contribution in [0.1, 0.15) is 21.5 Å². The molecule has 0 unspecified atom stereocenters. The molecular formula is C23H21N3O5. The summed E-state index contributed by atoms with van der Waals surface area (Å²) in [6.07, 6.45) is 3.43. The van der Waals surface area contributed by atoms with Crippen molar-refractivity contribution < 1.29 is 23.8 Å². The van der Waals surface area contributed by atoms with Crippen LogP contribution in [0, 0.1) is 0 Å². The summed E-state index contributed by atoms with van der Waals surface area (Å²) in [5, 5.41) is 5.57. The zero-order valence-corrected chi connectivity index (χ0v) is 16.9. The van der Waals surface area contributed by atoms with E-state index in [0.29, 0.717) is 41.7 Å². The molecule has 2 amide bonds. The fraction of sp³-hybridized carbons (Fsp3) is 0.174. The molecular weight excluding hydrogens is 398 g/mol. The summed E-state index contributed by atoms with van der Waals surface area (Å²) in [6.45, 7) is 0.651. The van der Waals surface area contributed by atoms with E-state index in [-0.39, 0.29) is 18.4 Å². The SMILES string of the molecule is COc1cc(CNC(=O)c2ccc3c(c2)OCC(=O)N3)ccc1OCc1ccncc1. The molecule has 3 aromatic rings. The maximum Gasteiger partial charge on any atom is 0.262 e. The molecule has 0 spiro atoms. The maximum atomic E-state index is 12.5. The number of pyridine rings is 1. The molecule has 0 aliphatic carbocycles. The molecule has 158 valence electrons. The Labute approximate surface area is 179 Å². The van der Waals surface area contributed by atoms with E-state index in [4.69, 9.17) is 14.2 Å². The van der Waals surface area contributed by atoms with Crippen LogP contribution < -0.4 is 24.8 Å². The molecule has 0 radical (unpaired) electrons. The molecule has 8 nitrogen and oxygen atoms in total. The summed E-state index contributed by atoms with van der Waals surface area (Å²) in [5.74, 6) is 1.21. The summed E-state index contributed by atoms with van der Waals surface area (Å²) in [5.41, 5.74) is 2.86. The van der Waals surface area contributed by atoms with Crippen molar-refractivity contribution in [3.63, 3.8) is 0 Å². The van der Waals surface area contributed by atoms with Gasteiger partial charge < -0.3 is 24.8 Å². The van der Waals surface area contributed by atoms with E-state index >= 15 is 0 Å². The van der Waals surface area contributed by atoms with Gasteiger partial charge in [0.25, 0.3) is 11.8 Å². The molecule has 0 saturated carbocycles. The monoisotopic (exact) mass is 419 g/mol. The number of rotatable bonds is 7. The lowest BCUT2D eigenvalue weighted by Crippen LogP contribution is -2.26. The molecule has 0 atom stereocenters. The predicted molar refractivity (Wildman–Crippen MR) is 113 cm³/mol. The Hall–Kier alpha value is -4.07. The summed E-state index contributed by atoms with van der Waals surface area (Å²) in [4.78, 5) is 27.9. The highest BCUT2D eigenvalue weighted by Gasteiger charge is 2.18.